The summed E-state index contributed by atoms with van der Waals surface area (Å²) in [5, 5.41) is 13.4. The van der Waals surface area contributed by atoms with Gasteiger partial charge < -0.3 is 9.80 Å². The fourth-order valence-electron chi connectivity index (χ4n) is 3.74. The summed E-state index contributed by atoms with van der Waals surface area (Å²) in [5.74, 6) is 0.545. The van der Waals surface area contributed by atoms with Gasteiger partial charge in [-0.3, -0.25) is 5.32 Å². The third kappa shape index (κ3) is 4.18. The molecule has 0 radical (unpaired) electrons. The molecule has 1 heterocycles. The number of nitrogens with zero attached hydrogens (tertiary/aromatic N) is 3. The number of nitriles is 1. The van der Waals surface area contributed by atoms with Crippen LogP contribution in [0.3, 0.4) is 0 Å². The van der Waals surface area contributed by atoms with Crippen LogP contribution in [0.2, 0.25) is 0 Å². The van der Waals surface area contributed by atoms with E-state index in [4.69, 9.17) is 0 Å². The number of hydrogen-bond donors (Lipinski definition) is 1. The topological polar surface area (TPSA) is 42.3 Å². The summed E-state index contributed by atoms with van der Waals surface area (Å²) < 4.78 is 0. The minimum atomic E-state index is -0.342. The summed E-state index contributed by atoms with van der Waals surface area (Å²) >= 11 is 0. The number of piperidine rings is 1. The zero-order valence-electron chi connectivity index (χ0n) is 14.2. The number of nitrogens with one attached hydrogen (secondary N) is 1. The molecule has 2 rings (SSSR count). The molecule has 1 aliphatic carbocycles. The highest BCUT2D eigenvalue weighted by Crippen LogP contribution is 2.40. The van der Waals surface area contributed by atoms with Crippen LogP contribution in [0.4, 0.5) is 0 Å². The Kier molecular flexibility index (Phi) is 5.65. The van der Waals surface area contributed by atoms with Crippen molar-refractivity contribution in [2.45, 2.75) is 64.1 Å². The summed E-state index contributed by atoms with van der Waals surface area (Å²) in [6.07, 6.45) is 4.88. The second-order valence-corrected chi connectivity index (χ2v) is 7.24. The zero-order chi connectivity index (χ0) is 15.5. The average molecular weight is 292 g/mol. The van der Waals surface area contributed by atoms with Crippen LogP contribution in [0.15, 0.2) is 0 Å². The van der Waals surface area contributed by atoms with Crippen molar-refractivity contribution in [3.63, 3.8) is 0 Å². The van der Waals surface area contributed by atoms with E-state index in [0.29, 0.717) is 18.0 Å². The van der Waals surface area contributed by atoms with Crippen molar-refractivity contribution in [3.8, 4) is 6.07 Å². The van der Waals surface area contributed by atoms with Gasteiger partial charge in [-0.2, -0.15) is 5.26 Å². The van der Waals surface area contributed by atoms with Crippen molar-refractivity contribution in [2.75, 3.05) is 33.2 Å². The first kappa shape index (κ1) is 16.7. The van der Waals surface area contributed by atoms with Crippen LogP contribution < -0.4 is 5.32 Å². The minimum Gasteiger partial charge on any atom is -0.303 e. The molecule has 1 saturated heterocycles. The molecule has 0 aromatic heterocycles. The van der Waals surface area contributed by atoms with Crippen LogP contribution in [0, 0.1) is 17.2 Å². The zero-order valence-corrected chi connectivity index (χ0v) is 14.2. The summed E-state index contributed by atoms with van der Waals surface area (Å²) in [7, 11) is 2.21. The third-order valence-electron chi connectivity index (χ3n) is 5.15. The maximum absolute atomic E-state index is 9.82. The van der Waals surface area contributed by atoms with Crippen molar-refractivity contribution in [3.05, 3.63) is 0 Å². The van der Waals surface area contributed by atoms with Gasteiger partial charge in [-0.25, -0.2) is 0 Å². The normalized spacial score (nSPS) is 24.2. The maximum Gasteiger partial charge on any atom is 0.122 e. The van der Waals surface area contributed by atoms with E-state index in [1.165, 1.54) is 38.8 Å². The lowest BCUT2D eigenvalue weighted by atomic mass is 9.91. The maximum atomic E-state index is 9.82. The van der Waals surface area contributed by atoms with E-state index in [9.17, 15) is 5.26 Å². The Balaban J connectivity index is 1.95. The number of hydrogen-bond acceptors (Lipinski definition) is 4. The Hall–Kier alpha value is -0.630. The second-order valence-electron chi connectivity index (χ2n) is 7.24. The second kappa shape index (κ2) is 7.09. The number of likely N-dealkylation sites (N-methyl/N-ethyl adjacent to an activating group) is 1. The van der Waals surface area contributed by atoms with Gasteiger partial charge in [0.1, 0.15) is 5.54 Å². The molecular formula is C17H32N4. The van der Waals surface area contributed by atoms with E-state index < -0.39 is 0 Å². The monoisotopic (exact) mass is 292 g/mol. The summed E-state index contributed by atoms with van der Waals surface area (Å²) in [4.78, 5) is 4.97. The molecule has 1 aliphatic heterocycles. The molecule has 0 bridgehead atoms. The lowest BCUT2D eigenvalue weighted by Gasteiger charge is -2.41. The molecule has 1 saturated carbocycles. The highest BCUT2D eigenvalue weighted by molar-refractivity contribution is 5.17. The van der Waals surface area contributed by atoms with Gasteiger partial charge in [0.2, 0.25) is 0 Å². The molecule has 21 heavy (non-hydrogen) atoms. The molecule has 0 aromatic rings. The predicted molar refractivity (Wildman–Crippen MR) is 87.1 cm³/mol. The smallest absolute Gasteiger partial charge is 0.122 e. The molecule has 4 nitrogen and oxygen atoms in total. The first-order valence-electron chi connectivity index (χ1n) is 8.62. The van der Waals surface area contributed by atoms with Crippen molar-refractivity contribution in [2.24, 2.45) is 5.92 Å². The molecule has 1 atom stereocenters. The highest BCUT2D eigenvalue weighted by Gasteiger charge is 2.47. The van der Waals surface area contributed by atoms with Crippen molar-refractivity contribution < 1.29 is 0 Å². The Bertz CT molecular complexity index is 363. The Labute approximate surface area is 130 Å². The summed E-state index contributed by atoms with van der Waals surface area (Å²) in [5.41, 5.74) is -0.342. The molecule has 2 aliphatic rings. The fraction of sp³-hybridized carbons (Fsp3) is 0.941. The molecule has 1 unspecified atom stereocenters. The van der Waals surface area contributed by atoms with Crippen molar-refractivity contribution >= 4 is 0 Å². The van der Waals surface area contributed by atoms with Crippen LogP contribution in [-0.4, -0.2) is 60.6 Å². The summed E-state index contributed by atoms with van der Waals surface area (Å²) in [6.45, 7) is 11.0. The van der Waals surface area contributed by atoms with E-state index >= 15 is 0 Å². The van der Waals surface area contributed by atoms with Gasteiger partial charge in [0.05, 0.1) is 6.07 Å². The van der Waals surface area contributed by atoms with Crippen LogP contribution in [-0.2, 0) is 0 Å². The molecular weight excluding hydrogens is 260 g/mol. The number of likely N-dealkylation sites (tertiary alicyclic amines) is 1. The first-order chi connectivity index (χ1) is 10.0. The molecule has 0 amide bonds. The average Bonchev–Trinajstić information content (AvgIpc) is 3.31. The Morgan fingerprint density at radius 2 is 1.90 bits per heavy atom. The molecule has 0 spiro atoms. The van der Waals surface area contributed by atoms with Gasteiger partial charge in [0.25, 0.3) is 0 Å². The van der Waals surface area contributed by atoms with Crippen LogP contribution >= 0.6 is 0 Å². The molecule has 1 N–H and O–H groups in total. The lowest BCUT2D eigenvalue weighted by Crippen LogP contribution is -2.58. The fourth-order valence-corrected chi connectivity index (χ4v) is 3.74. The highest BCUT2D eigenvalue weighted by atomic mass is 15.2. The van der Waals surface area contributed by atoms with E-state index in [0.717, 1.165) is 13.1 Å². The Morgan fingerprint density at radius 1 is 1.29 bits per heavy atom. The predicted octanol–water partition coefficient (Wildman–Crippen LogP) is 2.07. The van der Waals surface area contributed by atoms with Gasteiger partial charge in [0, 0.05) is 18.6 Å². The molecule has 120 valence electrons. The summed E-state index contributed by atoms with van der Waals surface area (Å²) in [6, 6.07) is 3.63. The van der Waals surface area contributed by atoms with Gasteiger partial charge in [-0.15, -0.1) is 0 Å². The lowest BCUT2D eigenvalue weighted by molar-refractivity contribution is 0.106. The van der Waals surface area contributed by atoms with Crippen molar-refractivity contribution in [1.29, 1.82) is 5.26 Å². The quantitative estimate of drug-likeness (QED) is 0.780. The van der Waals surface area contributed by atoms with E-state index in [-0.39, 0.29) is 5.54 Å². The van der Waals surface area contributed by atoms with E-state index in [2.05, 4.69) is 49.0 Å². The van der Waals surface area contributed by atoms with E-state index in [1.54, 1.807) is 0 Å². The van der Waals surface area contributed by atoms with Gasteiger partial charge in [-0.05, 0) is 72.1 Å². The Morgan fingerprint density at radius 3 is 2.33 bits per heavy atom. The standard InChI is InChI=1S/C17H32N4/c1-5-21-10-8-16(9-11-21)20(4)13-17(12-18,15-6-7-15)19-14(2)3/h14-16,19H,5-11,13H2,1-4H3. The van der Waals surface area contributed by atoms with Crippen LogP contribution in [0.5, 0.6) is 0 Å². The SMILES string of the molecule is CCN1CCC(N(C)CC(C#N)(NC(C)C)C2CC2)CC1. The largest absolute Gasteiger partial charge is 0.303 e. The van der Waals surface area contributed by atoms with Crippen molar-refractivity contribution in [1.82, 2.24) is 15.1 Å². The molecule has 4 heteroatoms. The van der Waals surface area contributed by atoms with E-state index in [1.807, 2.05) is 0 Å². The molecule has 2 fully saturated rings. The van der Waals surface area contributed by atoms with Gasteiger partial charge >= 0.3 is 0 Å². The number of rotatable bonds is 7. The van der Waals surface area contributed by atoms with Crippen LogP contribution in [0.25, 0.3) is 0 Å². The van der Waals surface area contributed by atoms with Gasteiger partial charge in [0.15, 0.2) is 0 Å². The third-order valence-corrected chi connectivity index (χ3v) is 5.15. The first-order valence-corrected chi connectivity index (χ1v) is 8.62. The minimum absolute atomic E-state index is 0.342. The molecule has 0 aromatic carbocycles. The van der Waals surface area contributed by atoms with Gasteiger partial charge in [-0.1, -0.05) is 6.92 Å². The van der Waals surface area contributed by atoms with Crippen LogP contribution in [0.1, 0.15) is 46.5 Å².